The SMILES string of the molecule is COc1ccccc1CN1C(=O)NC(CC(=O)NCCc2c[nH]c3ccccc23)C1=O. The van der Waals surface area contributed by atoms with Crippen LogP contribution in [0.4, 0.5) is 4.79 Å². The molecule has 1 atom stereocenters. The molecule has 4 amide bonds. The number of hydrogen-bond acceptors (Lipinski definition) is 4. The van der Waals surface area contributed by atoms with E-state index in [9.17, 15) is 14.4 Å². The number of aromatic amines is 1. The number of fused-ring (bicyclic) bond motifs is 1. The topological polar surface area (TPSA) is 104 Å². The van der Waals surface area contributed by atoms with Gasteiger partial charge in [-0.2, -0.15) is 0 Å². The molecule has 0 aliphatic carbocycles. The van der Waals surface area contributed by atoms with Crippen LogP contribution in [0.2, 0.25) is 0 Å². The zero-order chi connectivity index (χ0) is 21.8. The van der Waals surface area contributed by atoms with Crippen LogP contribution in [0.1, 0.15) is 17.5 Å². The van der Waals surface area contributed by atoms with E-state index in [0.29, 0.717) is 18.7 Å². The summed E-state index contributed by atoms with van der Waals surface area (Å²) in [6.45, 7) is 0.536. The fraction of sp³-hybridized carbons (Fsp3) is 0.261. The summed E-state index contributed by atoms with van der Waals surface area (Å²) in [7, 11) is 1.54. The lowest BCUT2D eigenvalue weighted by Crippen LogP contribution is -2.37. The third kappa shape index (κ3) is 4.37. The maximum Gasteiger partial charge on any atom is 0.325 e. The van der Waals surface area contributed by atoms with E-state index in [1.165, 1.54) is 7.11 Å². The number of hydrogen-bond donors (Lipinski definition) is 3. The predicted molar refractivity (Wildman–Crippen MR) is 115 cm³/mol. The standard InChI is InChI=1S/C23H24N4O4/c1-31-20-9-5-2-6-16(20)14-27-22(29)19(26-23(27)30)12-21(28)24-11-10-15-13-25-18-8-4-3-7-17(15)18/h2-9,13,19,25H,10-12,14H2,1H3,(H,24,28)(H,26,30). The molecule has 31 heavy (non-hydrogen) atoms. The van der Waals surface area contributed by atoms with Gasteiger partial charge in [-0.1, -0.05) is 36.4 Å². The second-order valence-corrected chi connectivity index (χ2v) is 7.40. The molecule has 0 saturated carbocycles. The quantitative estimate of drug-likeness (QED) is 0.487. The zero-order valence-electron chi connectivity index (χ0n) is 17.2. The fourth-order valence-electron chi connectivity index (χ4n) is 3.80. The van der Waals surface area contributed by atoms with Crippen molar-refractivity contribution in [2.75, 3.05) is 13.7 Å². The Labute approximate surface area is 179 Å². The molecule has 1 unspecified atom stereocenters. The van der Waals surface area contributed by atoms with Gasteiger partial charge in [-0.05, 0) is 24.1 Å². The highest BCUT2D eigenvalue weighted by molar-refractivity contribution is 6.05. The van der Waals surface area contributed by atoms with E-state index in [2.05, 4.69) is 15.6 Å². The van der Waals surface area contributed by atoms with Gasteiger partial charge in [-0.3, -0.25) is 14.5 Å². The van der Waals surface area contributed by atoms with Gasteiger partial charge in [0.2, 0.25) is 5.91 Å². The number of carbonyl (C=O) groups is 3. The molecule has 1 aliphatic heterocycles. The van der Waals surface area contributed by atoms with Crippen LogP contribution in [0.15, 0.2) is 54.7 Å². The molecule has 1 fully saturated rings. The number of rotatable bonds is 8. The van der Waals surface area contributed by atoms with Crippen molar-refractivity contribution in [1.29, 1.82) is 0 Å². The van der Waals surface area contributed by atoms with E-state index in [0.717, 1.165) is 26.9 Å². The Morgan fingerprint density at radius 1 is 1.10 bits per heavy atom. The lowest BCUT2D eigenvalue weighted by molar-refractivity contribution is -0.131. The molecule has 2 heterocycles. The fourth-order valence-corrected chi connectivity index (χ4v) is 3.80. The van der Waals surface area contributed by atoms with E-state index < -0.39 is 18.0 Å². The molecule has 1 saturated heterocycles. The summed E-state index contributed by atoms with van der Waals surface area (Å²) in [6, 6.07) is 13.8. The number of ether oxygens (including phenoxy) is 1. The van der Waals surface area contributed by atoms with E-state index in [4.69, 9.17) is 4.74 Å². The average molecular weight is 420 g/mol. The molecule has 4 rings (SSSR count). The van der Waals surface area contributed by atoms with Gasteiger partial charge in [0.1, 0.15) is 11.8 Å². The number of benzene rings is 2. The van der Waals surface area contributed by atoms with Crippen molar-refractivity contribution in [1.82, 2.24) is 20.5 Å². The number of methoxy groups -OCH3 is 1. The first-order valence-electron chi connectivity index (χ1n) is 10.1. The molecule has 1 aliphatic rings. The molecule has 8 heteroatoms. The van der Waals surface area contributed by atoms with Gasteiger partial charge in [-0.15, -0.1) is 0 Å². The van der Waals surface area contributed by atoms with Gasteiger partial charge in [0.05, 0.1) is 20.1 Å². The maximum atomic E-state index is 12.7. The lowest BCUT2D eigenvalue weighted by Gasteiger charge is -2.15. The minimum atomic E-state index is -0.865. The van der Waals surface area contributed by atoms with Crippen LogP contribution in [0, 0.1) is 0 Å². The smallest absolute Gasteiger partial charge is 0.325 e. The number of urea groups is 1. The van der Waals surface area contributed by atoms with Gasteiger partial charge in [0.25, 0.3) is 5.91 Å². The van der Waals surface area contributed by atoms with Gasteiger partial charge < -0.3 is 20.4 Å². The molecule has 8 nitrogen and oxygen atoms in total. The highest BCUT2D eigenvalue weighted by atomic mass is 16.5. The predicted octanol–water partition coefficient (Wildman–Crippen LogP) is 2.35. The molecule has 1 aromatic heterocycles. The number of amides is 4. The van der Waals surface area contributed by atoms with E-state index in [1.54, 1.807) is 12.1 Å². The Morgan fingerprint density at radius 3 is 2.71 bits per heavy atom. The highest BCUT2D eigenvalue weighted by Crippen LogP contribution is 2.22. The molecule has 0 bridgehead atoms. The highest BCUT2D eigenvalue weighted by Gasteiger charge is 2.39. The van der Waals surface area contributed by atoms with Crippen molar-refractivity contribution in [3.05, 3.63) is 65.9 Å². The van der Waals surface area contributed by atoms with Crippen molar-refractivity contribution >= 4 is 28.7 Å². The number of H-pyrrole nitrogens is 1. The number of carbonyl (C=O) groups excluding carboxylic acids is 3. The van der Waals surface area contributed by atoms with Gasteiger partial charge >= 0.3 is 6.03 Å². The molecular weight excluding hydrogens is 396 g/mol. The third-order valence-electron chi connectivity index (χ3n) is 5.41. The van der Waals surface area contributed by atoms with Crippen LogP contribution in [0.3, 0.4) is 0 Å². The minimum absolute atomic E-state index is 0.0906. The van der Waals surface area contributed by atoms with E-state index >= 15 is 0 Å². The van der Waals surface area contributed by atoms with Crippen molar-refractivity contribution < 1.29 is 19.1 Å². The number of aromatic nitrogens is 1. The summed E-state index contributed by atoms with van der Waals surface area (Å²) in [5.74, 6) is -0.0955. The Balaban J connectivity index is 1.30. The average Bonchev–Trinajstić information content (AvgIpc) is 3.30. The van der Waals surface area contributed by atoms with Crippen LogP contribution in [0.25, 0.3) is 10.9 Å². The van der Waals surface area contributed by atoms with Gasteiger partial charge in [0, 0.05) is 29.2 Å². The third-order valence-corrected chi connectivity index (χ3v) is 5.41. The number of nitrogens with zero attached hydrogens (tertiary/aromatic N) is 1. The van der Waals surface area contributed by atoms with E-state index in [1.807, 2.05) is 42.6 Å². The Bertz CT molecular complexity index is 1120. The monoisotopic (exact) mass is 420 g/mol. The second-order valence-electron chi connectivity index (χ2n) is 7.40. The maximum absolute atomic E-state index is 12.7. The van der Waals surface area contributed by atoms with Gasteiger partial charge in [-0.25, -0.2) is 4.79 Å². The summed E-state index contributed by atoms with van der Waals surface area (Å²) in [6.07, 6.45) is 2.51. The number of para-hydroxylation sites is 2. The summed E-state index contributed by atoms with van der Waals surface area (Å²) in [5.41, 5.74) is 2.89. The van der Waals surface area contributed by atoms with Crippen LogP contribution in [0.5, 0.6) is 5.75 Å². The number of nitrogens with one attached hydrogen (secondary N) is 3. The second kappa shape index (κ2) is 8.91. The molecular formula is C23H24N4O4. The van der Waals surface area contributed by atoms with E-state index in [-0.39, 0.29) is 18.9 Å². The first-order valence-corrected chi connectivity index (χ1v) is 10.1. The van der Waals surface area contributed by atoms with Crippen molar-refractivity contribution in [2.45, 2.75) is 25.4 Å². The lowest BCUT2D eigenvalue weighted by atomic mass is 10.1. The first kappa shape index (κ1) is 20.5. The summed E-state index contributed by atoms with van der Waals surface area (Å²) < 4.78 is 5.28. The zero-order valence-corrected chi connectivity index (χ0v) is 17.2. The van der Waals surface area contributed by atoms with Crippen LogP contribution < -0.4 is 15.4 Å². The largest absolute Gasteiger partial charge is 0.496 e. The number of imide groups is 1. The van der Waals surface area contributed by atoms with Crippen LogP contribution in [-0.2, 0) is 22.6 Å². The molecule has 3 N–H and O–H groups in total. The first-order chi connectivity index (χ1) is 15.1. The van der Waals surface area contributed by atoms with Crippen LogP contribution >= 0.6 is 0 Å². The van der Waals surface area contributed by atoms with Crippen molar-refractivity contribution in [3.63, 3.8) is 0 Å². The molecule has 3 aromatic rings. The summed E-state index contributed by atoms with van der Waals surface area (Å²) >= 11 is 0. The summed E-state index contributed by atoms with van der Waals surface area (Å²) in [5, 5.41) is 6.56. The molecule has 160 valence electrons. The molecule has 0 spiro atoms. The summed E-state index contributed by atoms with van der Waals surface area (Å²) in [4.78, 5) is 41.6. The molecule has 2 aromatic carbocycles. The Morgan fingerprint density at radius 2 is 1.87 bits per heavy atom. The normalized spacial score (nSPS) is 15.9. The van der Waals surface area contributed by atoms with Crippen molar-refractivity contribution in [2.24, 2.45) is 0 Å². The van der Waals surface area contributed by atoms with Crippen molar-refractivity contribution in [3.8, 4) is 5.75 Å². The van der Waals surface area contributed by atoms with Crippen LogP contribution in [-0.4, -0.2) is 47.4 Å². The van der Waals surface area contributed by atoms with Gasteiger partial charge in [0.15, 0.2) is 0 Å². The molecule has 0 radical (unpaired) electrons. The minimum Gasteiger partial charge on any atom is -0.496 e. The Kier molecular flexibility index (Phi) is 5.88. The Hall–Kier alpha value is -3.81.